The molecule has 24 heavy (non-hydrogen) atoms. The summed E-state index contributed by atoms with van der Waals surface area (Å²) in [6.45, 7) is 0.878. The molecule has 1 aromatic heterocycles. The van der Waals surface area contributed by atoms with Crippen LogP contribution in [0.15, 0.2) is 41.3 Å². The van der Waals surface area contributed by atoms with Gasteiger partial charge in [0.1, 0.15) is 11.9 Å². The number of hydrogen-bond acceptors (Lipinski definition) is 6. The van der Waals surface area contributed by atoms with Gasteiger partial charge in [-0.25, -0.2) is 4.98 Å². The van der Waals surface area contributed by atoms with Crippen molar-refractivity contribution in [3.8, 4) is 5.75 Å². The lowest BCUT2D eigenvalue weighted by Gasteiger charge is -2.32. The number of nitrogens with two attached hydrogens (primary N) is 1. The lowest BCUT2D eigenvalue weighted by Crippen LogP contribution is -2.51. The normalized spacial score (nSPS) is 20.3. The first-order valence-corrected chi connectivity index (χ1v) is 7.47. The van der Waals surface area contributed by atoms with Crippen molar-refractivity contribution in [3.63, 3.8) is 0 Å². The van der Waals surface area contributed by atoms with Crippen molar-refractivity contribution in [1.82, 2.24) is 10.3 Å². The summed E-state index contributed by atoms with van der Waals surface area (Å²) >= 11 is 0. The van der Waals surface area contributed by atoms with E-state index >= 15 is 0 Å². The number of amides is 2. The second kappa shape index (κ2) is 7.14. The van der Waals surface area contributed by atoms with Crippen LogP contribution >= 0.6 is 0 Å². The van der Waals surface area contributed by atoms with Gasteiger partial charge in [-0.05, 0) is 24.3 Å². The van der Waals surface area contributed by atoms with E-state index in [1.54, 1.807) is 24.3 Å². The Hall–Kier alpha value is -2.87. The zero-order valence-corrected chi connectivity index (χ0v) is 12.8. The maximum atomic E-state index is 12.1. The SMILES string of the molecule is NC(=O)c1ccc(O[C@@H]2CCOC[C@H]2NC(=O)c2cnco2)cc1. The number of aromatic nitrogens is 1. The molecule has 0 saturated carbocycles. The molecule has 8 heteroatoms. The van der Waals surface area contributed by atoms with Gasteiger partial charge in [-0.3, -0.25) is 9.59 Å². The molecule has 1 aromatic carbocycles. The van der Waals surface area contributed by atoms with Gasteiger partial charge < -0.3 is 24.9 Å². The Labute approximate surface area is 137 Å². The fourth-order valence-corrected chi connectivity index (χ4v) is 2.43. The van der Waals surface area contributed by atoms with E-state index in [9.17, 15) is 9.59 Å². The van der Waals surface area contributed by atoms with Crippen LogP contribution in [-0.4, -0.2) is 42.2 Å². The third-order valence-electron chi connectivity index (χ3n) is 3.69. The minimum Gasteiger partial charge on any atom is -0.488 e. The average molecular weight is 331 g/mol. The quantitative estimate of drug-likeness (QED) is 0.834. The van der Waals surface area contributed by atoms with Crippen molar-refractivity contribution in [3.05, 3.63) is 48.2 Å². The highest BCUT2D eigenvalue weighted by molar-refractivity contribution is 5.92. The summed E-state index contributed by atoms with van der Waals surface area (Å²) in [6.07, 6.45) is 2.90. The molecule has 8 nitrogen and oxygen atoms in total. The summed E-state index contributed by atoms with van der Waals surface area (Å²) in [4.78, 5) is 26.9. The molecule has 3 N–H and O–H groups in total. The van der Waals surface area contributed by atoms with Crippen LogP contribution in [0.1, 0.15) is 27.3 Å². The highest BCUT2D eigenvalue weighted by Gasteiger charge is 2.30. The molecular weight excluding hydrogens is 314 g/mol. The number of primary amides is 1. The van der Waals surface area contributed by atoms with E-state index in [0.717, 1.165) is 0 Å². The molecule has 3 rings (SSSR count). The molecule has 0 bridgehead atoms. The van der Waals surface area contributed by atoms with E-state index in [-0.39, 0.29) is 23.8 Å². The maximum absolute atomic E-state index is 12.1. The number of ether oxygens (including phenoxy) is 2. The Bertz CT molecular complexity index is 699. The minimum atomic E-state index is -0.496. The Morgan fingerprint density at radius 3 is 2.75 bits per heavy atom. The van der Waals surface area contributed by atoms with Gasteiger partial charge in [-0.2, -0.15) is 0 Å². The van der Waals surface area contributed by atoms with Crippen LogP contribution in [0.5, 0.6) is 5.75 Å². The molecule has 0 radical (unpaired) electrons. The molecule has 2 atom stereocenters. The second-order valence-corrected chi connectivity index (χ2v) is 5.35. The van der Waals surface area contributed by atoms with E-state index in [2.05, 4.69) is 10.3 Å². The van der Waals surface area contributed by atoms with Gasteiger partial charge in [0.25, 0.3) is 5.91 Å². The molecule has 2 heterocycles. The van der Waals surface area contributed by atoms with Crippen LogP contribution < -0.4 is 15.8 Å². The summed E-state index contributed by atoms with van der Waals surface area (Å²) in [7, 11) is 0. The van der Waals surface area contributed by atoms with Crippen molar-refractivity contribution in [2.75, 3.05) is 13.2 Å². The van der Waals surface area contributed by atoms with Crippen molar-refractivity contribution < 1.29 is 23.5 Å². The number of hydrogen-bond donors (Lipinski definition) is 2. The molecule has 0 spiro atoms. The standard InChI is InChI=1S/C16H17N3O5/c17-15(20)10-1-3-11(4-2-10)24-13-5-6-22-8-12(13)19-16(21)14-7-18-9-23-14/h1-4,7,9,12-13H,5-6,8H2,(H2,17,20)(H,19,21)/t12-,13-/m1/s1. The molecule has 126 valence electrons. The molecule has 1 aliphatic heterocycles. The number of benzene rings is 1. The Morgan fingerprint density at radius 1 is 1.29 bits per heavy atom. The van der Waals surface area contributed by atoms with Gasteiger partial charge in [0.15, 0.2) is 6.39 Å². The van der Waals surface area contributed by atoms with Gasteiger partial charge >= 0.3 is 0 Å². The fourth-order valence-electron chi connectivity index (χ4n) is 2.43. The molecule has 1 fully saturated rings. The zero-order valence-electron chi connectivity index (χ0n) is 12.8. The van der Waals surface area contributed by atoms with E-state index < -0.39 is 5.91 Å². The van der Waals surface area contributed by atoms with Crippen LogP contribution in [0.2, 0.25) is 0 Å². The van der Waals surface area contributed by atoms with E-state index in [1.165, 1.54) is 12.6 Å². The summed E-state index contributed by atoms with van der Waals surface area (Å²) in [5, 5.41) is 2.82. The van der Waals surface area contributed by atoms with Gasteiger partial charge in [0.05, 0.1) is 25.5 Å². The predicted octanol–water partition coefficient (Wildman–Crippen LogP) is 0.740. The lowest BCUT2D eigenvalue weighted by atomic mass is 10.1. The van der Waals surface area contributed by atoms with E-state index in [4.69, 9.17) is 19.6 Å². The minimum absolute atomic E-state index is 0.130. The number of rotatable bonds is 5. The van der Waals surface area contributed by atoms with Crippen LogP contribution in [0.4, 0.5) is 0 Å². The average Bonchev–Trinajstić information content (AvgIpc) is 3.12. The predicted molar refractivity (Wildman–Crippen MR) is 82.6 cm³/mol. The van der Waals surface area contributed by atoms with Crippen molar-refractivity contribution in [2.45, 2.75) is 18.6 Å². The second-order valence-electron chi connectivity index (χ2n) is 5.35. The topological polar surface area (TPSA) is 117 Å². The van der Waals surface area contributed by atoms with Crippen LogP contribution in [-0.2, 0) is 4.74 Å². The highest BCUT2D eigenvalue weighted by Crippen LogP contribution is 2.19. The van der Waals surface area contributed by atoms with Crippen LogP contribution in [0, 0.1) is 0 Å². The third-order valence-corrected chi connectivity index (χ3v) is 3.69. The van der Waals surface area contributed by atoms with Crippen molar-refractivity contribution in [2.24, 2.45) is 5.73 Å². The molecule has 0 aliphatic carbocycles. The Morgan fingerprint density at radius 2 is 2.08 bits per heavy atom. The van der Waals surface area contributed by atoms with Gasteiger partial charge in [-0.15, -0.1) is 0 Å². The number of nitrogens with one attached hydrogen (secondary N) is 1. The molecule has 1 aliphatic rings. The summed E-state index contributed by atoms with van der Waals surface area (Å²) in [5.41, 5.74) is 5.62. The van der Waals surface area contributed by atoms with E-state index in [0.29, 0.717) is 30.9 Å². The summed E-state index contributed by atoms with van der Waals surface area (Å²) < 4.78 is 16.3. The zero-order chi connectivity index (χ0) is 16.9. The van der Waals surface area contributed by atoms with E-state index in [1.807, 2.05) is 0 Å². The monoisotopic (exact) mass is 331 g/mol. The van der Waals surface area contributed by atoms with Crippen LogP contribution in [0.3, 0.4) is 0 Å². The lowest BCUT2D eigenvalue weighted by molar-refractivity contribution is -0.00321. The number of carbonyl (C=O) groups is 2. The smallest absolute Gasteiger partial charge is 0.289 e. The summed E-state index contributed by atoms with van der Waals surface area (Å²) in [6, 6.07) is 6.21. The molecule has 1 saturated heterocycles. The van der Waals surface area contributed by atoms with Gasteiger partial charge in [0.2, 0.25) is 11.7 Å². The number of carbonyl (C=O) groups excluding carboxylic acids is 2. The van der Waals surface area contributed by atoms with Crippen molar-refractivity contribution >= 4 is 11.8 Å². The maximum Gasteiger partial charge on any atom is 0.289 e. The molecule has 2 amide bonds. The first-order valence-electron chi connectivity index (χ1n) is 7.47. The first kappa shape index (κ1) is 16.0. The molecular formula is C16H17N3O5. The van der Waals surface area contributed by atoms with Gasteiger partial charge in [0, 0.05) is 12.0 Å². The highest BCUT2D eigenvalue weighted by atomic mass is 16.5. The fraction of sp³-hybridized carbons (Fsp3) is 0.312. The van der Waals surface area contributed by atoms with Gasteiger partial charge in [-0.1, -0.05) is 0 Å². The number of nitrogens with zero attached hydrogens (tertiary/aromatic N) is 1. The molecule has 0 unspecified atom stereocenters. The Balaban J connectivity index is 1.65. The first-order chi connectivity index (χ1) is 11.6. The Kier molecular flexibility index (Phi) is 4.76. The number of oxazole rings is 1. The van der Waals surface area contributed by atoms with Crippen molar-refractivity contribution in [1.29, 1.82) is 0 Å². The van der Waals surface area contributed by atoms with Crippen LogP contribution in [0.25, 0.3) is 0 Å². The molecule has 2 aromatic rings. The largest absolute Gasteiger partial charge is 0.488 e. The summed E-state index contributed by atoms with van der Waals surface area (Å²) in [5.74, 6) is -0.151. The third kappa shape index (κ3) is 3.72.